The lowest BCUT2D eigenvalue weighted by molar-refractivity contribution is -0.00203. The van der Waals surface area contributed by atoms with E-state index in [0.717, 1.165) is 61.5 Å². The van der Waals surface area contributed by atoms with E-state index in [2.05, 4.69) is 29.2 Å². The Balaban J connectivity index is 1.00. The molecule has 1 atom stereocenters. The Hall–Kier alpha value is -3.26. The van der Waals surface area contributed by atoms with Crippen molar-refractivity contribution in [2.75, 3.05) is 39.3 Å². The van der Waals surface area contributed by atoms with Crippen LogP contribution in [-0.2, 0) is 6.42 Å². The SMILES string of the molecule is O=C(c1ccc(O)cc1OC[C@H](O)CN1CCC2(CC1)Cc1cc(Cl)ccc1O2)N1CCC(c2ccccc2)CC1. The van der Waals surface area contributed by atoms with Gasteiger partial charge in [-0.2, -0.15) is 0 Å². The van der Waals surface area contributed by atoms with Crippen molar-refractivity contribution in [1.29, 1.82) is 0 Å². The van der Waals surface area contributed by atoms with E-state index in [-0.39, 0.29) is 23.9 Å². The molecule has 1 spiro atoms. The highest BCUT2D eigenvalue weighted by atomic mass is 35.5. The zero-order valence-corrected chi connectivity index (χ0v) is 23.9. The number of amides is 1. The summed E-state index contributed by atoms with van der Waals surface area (Å²) in [5, 5.41) is 21.6. The number of β-amino-alcohol motifs (C(OH)–C–C–N with tert-alkyl or cyclic N) is 1. The Labute approximate surface area is 246 Å². The number of aliphatic hydroxyl groups is 1. The Morgan fingerprint density at radius 3 is 2.54 bits per heavy atom. The number of hydrogen-bond acceptors (Lipinski definition) is 6. The van der Waals surface area contributed by atoms with Gasteiger partial charge in [0.15, 0.2) is 0 Å². The first-order chi connectivity index (χ1) is 19.9. The van der Waals surface area contributed by atoms with Crippen molar-refractivity contribution in [1.82, 2.24) is 9.80 Å². The van der Waals surface area contributed by atoms with Gasteiger partial charge < -0.3 is 29.5 Å². The van der Waals surface area contributed by atoms with E-state index >= 15 is 0 Å². The van der Waals surface area contributed by atoms with Gasteiger partial charge in [-0.3, -0.25) is 4.79 Å². The minimum absolute atomic E-state index is 0.0222. The van der Waals surface area contributed by atoms with E-state index in [4.69, 9.17) is 21.1 Å². The average molecular weight is 577 g/mol. The lowest BCUT2D eigenvalue weighted by Gasteiger charge is -2.39. The number of aromatic hydroxyl groups is 1. The summed E-state index contributed by atoms with van der Waals surface area (Å²) < 4.78 is 12.3. The van der Waals surface area contributed by atoms with Crippen LogP contribution in [0.5, 0.6) is 17.2 Å². The number of piperidine rings is 2. The third-order valence-corrected chi connectivity index (χ3v) is 9.01. The average Bonchev–Trinajstić information content (AvgIpc) is 3.34. The van der Waals surface area contributed by atoms with E-state index in [1.807, 2.05) is 29.2 Å². The third-order valence-electron chi connectivity index (χ3n) is 8.78. The second-order valence-corrected chi connectivity index (χ2v) is 12.1. The second-order valence-electron chi connectivity index (χ2n) is 11.6. The molecule has 0 radical (unpaired) electrons. The van der Waals surface area contributed by atoms with E-state index in [1.54, 1.807) is 6.07 Å². The van der Waals surface area contributed by atoms with Crippen LogP contribution in [0.15, 0.2) is 66.7 Å². The fourth-order valence-electron chi connectivity index (χ4n) is 6.48. The molecule has 2 fully saturated rings. The van der Waals surface area contributed by atoms with Gasteiger partial charge in [-0.25, -0.2) is 0 Å². The molecule has 3 aliphatic rings. The van der Waals surface area contributed by atoms with Crippen LogP contribution in [0.25, 0.3) is 0 Å². The number of ether oxygens (including phenoxy) is 2. The van der Waals surface area contributed by atoms with Gasteiger partial charge in [0.2, 0.25) is 0 Å². The fourth-order valence-corrected chi connectivity index (χ4v) is 6.67. The summed E-state index contributed by atoms with van der Waals surface area (Å²) in [6, 6.07) is 20.8. The lowest BCUT2D eigenvalue weighted by atomic mass is 9.87. The number of carbonyl (C=O) groups excluding carboxylic acids is 1. The van der Waals surface area contributed by atoms with Crippen LogP contribution < -0.4 is 9.47 Å². The highest BCUT2D eigenvalue weighted by molar-refractivity contribution is 6.30. The number of phenolic OH excluding ortho intramolecular Hbond substituents is 1. The minimum Gasteiger partial charge on any atom is -0.508 e. The maximum Gasteiger partial charge on any atom is 0.257 e. The topological polar surface area (TPSA) is 82.5 Å². The number of halogens is 1. The maximum absolute atomic E-state index is 13.4. The van der Waals surface area contributed by atoms with Gasteiger partial charge in [-0.1, -0.05) is 41.9 Å². The molecule has 0 saturated carbocycles. The summed E-state index contributed by atoms with van der Waals surface area (Å²) in [7, 11) is 0. The molecular weight excluding hydrogens is 540 g/mol. The summed E-state index contributed by atoms with van der Waals surface area (Å²) in [4.78, 5) is 17.5. The third kappa shape index (κ3) is 6.32. The van der Waals surface area contributed by atoms with Crippen molar-refractivity contribution in [3.8, 4) is 17.2 Å². The van der Waals surface area contributed by atoms with Crippen molar-refractivity contribution < 1.29 is 24.5 Å². The molecule has 216 valence electrons. The highest BCUT2D eigenvalue weighted by Crippen LogP contribution is 2.42. The van der Waals surface area contributed by atoms with Crippen molar-refractivity contribution in [3.05, 3.63) is 88.4 Å². The maximum atomic E-state index is 13.4. The number of phenols is 1. The zero-order valence-electron chi connectivity index (χ0n) is 23.2. The Morgan fingerprint density at radius 2 is 1.78 bits per heavy atom. The van der Waals surface area contributed by atoms with E-state index in [9.17, 15) is 15.0 Å². The summed E-state index contributed by atoms with van der Waals surface area (Å²) >= 11 is 6.17. The largest absolute Gasteiger partial charge is 0.508 e. The monoisotopic (exact) mass is 576 g/mol. The summed E-state index contributed by atoms with van der Waals surface area (Å²) in [5.41, 5.74) is 2.69. The van der Waals surface area contributed by atoms with Crippen LogP contribution in [0, 0.1) is 0 Å². The lowest BCUT2D eigenvalue weighted by Crippen LogP contribution is -2.49. The van der Waals surface area contributed by atoms with Gasteiger partial charge in [0.25, 0.3) is 5.91 Å². The van der Waals surface area contributed by atoms with Crippen molar-refractivity contribution >= 4 is 17.5 Å². The van der Waals surface area contributed by atoms with Crippen molar-refractivity contribution in [2.24, 2.45) is 0 Å². The number of rotatable bonds is 7. The number of aliphatic hydroxyl groups excluding tert-OH is 1. The smallest absolute Gasteiger partial charge is 0.257 e. The Morgan fingerprint density at radius 1 is 1.02 bits per heavy atom. The van der Waals surface area contributed by atoms with Crippen LogP contribution >= 0.6 is 11.6 Å². The fraction of sp³-hybridized carbons (Fsp3) is 0.424. The molecule has 1 amide bonds. The Kier molecular flexibility index (Phi) is 8.11. The second kappa shape index (κ2) is 11.9. The number of nitrogens with zero attached hydrogens (tertiary/aromatic N) is 2. The molecular formula is C33H37ClN2O5. The van der Waals surface area contributed by atoms with Crippen molar-refractivity contribution in [2.45, 2.75) is 49.7 Å². The van der Waals surface area contributed by atoms with Gasteiger partial charge in [0, 0.05) is 63.1 Å². The molecule has 2 N–H and O–H groups in total. The molecule has 3 aromatic rings. The van der Waals surface area contributed by atoms with Crippen LogP contribution in [0.4, 0.5) is 0 Å². The number of carbonyl (C=O) groups is 1. The zero-order chi connectivity index (χ0) is 28.4. The summed E-state index contributed by atoms with van der Waals surface area (Å²) in [6.07, 6.45) is 3.69. The standard InChI is InChI=1S/C33H37ClN2O5/c34-26-6-9-30-25(18-26)20-33(41-30)12-16-35(17-13-33)21-28(38)22-40-31-19-27(37)7-8-29(31)32(39)36-14-10-24(11-15-36)23-4-2-1-3-5-23/h1-9,18-19,24,28,37-38H,10-17,20-22H2/t28-/m1/s1. The molecule has 0 unspecified atom stereocenters. The molecule has 0 aromatic heterocycles. The molecule has 0 aliphatic carbocycles. The highest BCUT2D eigenvalue weighted by Gasteiger charge is 2.42. The minimum atomic E-state index is -0.739. The molecule has 7 nitrogen and oxygen atoms in total. The number of likely N-dealkylation sites (tertiary alicyclic amines) is 2. The predicted molar refractivity (Wildman–Crippen MR) is 158 cm³/mol. The Bertz CT molecular complexity index is 1370. The molecule has 2 saturated heterocycles. The van der Waals surface area contributed by atoms with Gasteiger partial charge >= 0.3 is 0 Å². The number of benzene rings is 3. The van der Waals surface area contributed by atoms with Gasteiger partial charge in [0.05, 0.1) is 5.56 Å². The summed E-state index contributed by atoms with van der Waals surface area (Å²) in [6.45, 7) is 3.45. The van der Waals surface area contributed by atoms with E-state index in [1.165, 1.54) is 17.7 Å². The van der Waals surface area contributed by atoms with Gasteiger partial charge in [0.1, 0.15) is 35.6 Å². The molecule has 6 rings (SSSR count). The van der Waals surface area contributed by atoms with Crippen LogP contribution in [0.2, 0.25) is 5.02 Å². The first-order valence-corrected chi connectivity index (χ1v) is 14.9. The van der Waals surface area contributed by atoms with Crippen LogP contribution in [0.3, 0.4) is 0 Å². The number of fused-ring (bicyclic) bond motifs is 1. The van der Waals surface area contributed by atoms with E-state index in [0.29, 0.717) is 36.9 Å². The van der Waals surface area contributed by atoms with Gasteiger partial charge in [-0.15, -0.1) is 0 Å². The normalized spacial score (nSPS) is 19.5. The molecule has 3 aromatic carbocycles. The quantitative estimate of drug-likeness (QED) is 0.398. The predicted octanol–water partition coefficient (Wildman–Crippen LogP) is 5.27. The van der Waals surface area contributed by atoms with E-state index < -0.39 is 6.10 Å². The molecule has 41 heavy (non-hydrogen) atoms. The first-order valence-electron chi connectivity index (χ1n) is 14.6. The number of hydrogen-bond donors (Lipinski definition) is 2. The van der Waals surface area contributed by atoms with Gasteiger partial charge in [-0.05, 0) is 60.2 Å². The van der Waals surface area contributed by atoms with Crippen molar-refractivity contribution in [3.63, 3.8) is 0 Å². The van der Waals surface area contributed by atoms with Crippen LogP contribution in [-0.4, -0.2) is 77.0 Å². The molecule has 8 heteroatoms. The van der Waals surface area contributed by atoms with Crippen LogP contribution in [0.1, 0.15) is 53.1 Å². The summed E-state index contributed by atoms with van der Waals surface area (Å²) in [5.74, 6) is 1.58. The first kappa shape index (κ1) is 27.9. The molecule has 0 bridgehead atoms. The molecule has 3 heterocycles. The molecule has 3 aliphatic heterocycles.